The van der Waals surface area contributed by atoms with Crippen molar-refractivity contribution in [2.75, 3.05) is 36.4 Å². The van der Waals surface area contributed by atoms with Crippen LogP contribution in [-0.4, -0.2) is 41.2 Å². The van der Waals surface area contributed by atoms with E-state index in [-0.39, 0.29) is 0 Å². The summed E-state index contributed by atoms with van der Waals surface area (Å²) in [6.07, 6.45) is -0.856. The van der Waals surface area contributed by atoms with Gasteiger partial charge in [0, 0.05) is 38.1 Å². The van der Waals surface area contributed by atoms with Gasteiger partial charge in [-0.15, -0.1) is 0 Å². The van der Waals surface area contributed by atoms with Gasteiger partial charge in [0.15, 0.2) is 5.11 Å². The summed E-state index contributed by atoms with van der Waals surface area (Å²) in [6, 6.07) is 7.40. The zero-order valence-corrected chi connectivity index (χ0v) is 15.1. The number of benzene rings is 1. The zero-order valence-electron chi connectivity index (χ0n) is 14.3. The summed E-state index contributed by atoms with van der Waals surface area (Å²) in [6.45, 7) is 4.45. The molecule has 1 aliphatic heterocycles. The standard InChI is InChI=1S/C18H19F3N4S/c1-13-9-15(12-22-11-13)23-17(26)25-7-5-24(6-8-25)16-4-2-3-14(10-16)18(19,20)21/h2-4,9-12H,5-8H2,1H3,(H,23,26). The van der Waals surface area contributed by atoms with Crippen LogP contribution in [0.25, 0.3) is 0 Å². The predicted molar refractivity (Wildman–Crippen MR) is 100 cm³/mol. The van der Waals surface area contributed by atoms with Crippen LogP contribution < -0.4 is 10.2 Å². The molecule has 4 nitrogen and oxygen atoms in total. The number of aryl methyl sites for hydroxylation is 1. The molecular formula is C18H19F3N4S. The Labute approximate surface area is 155 Å². The number of pyridine rings is 1. The summed E-state index contributed by atoms with van der Waals surface area (Å²) in [7, 11) is 0. The van der Waals surface area contributed by atoms with Crippen LogP contribution in [0, 0.1) is 6.92 Å². The number of hydrogen-bond donors (Lipinski definition) is 1. The van der Waals surface area contributed by atoms with Gasteiger partial charge < -0.3 is 15.1 Å². The first kappa shape index (κ1) is 18.4. The van der Waals surface area contributed by atoms with Crippen molar-refractivity contribution in [3.8, 4) is 0 Å². The van der Waals surface area contributed by atoms with Gasteiger partial charge in [0.25, 0.3) is 0 Å². The Bertz CT molecular complexity index is 786. The minimum Gasteiger partial charge on any atom is -0.368 e. The van der Waals surface area contributed by atoms with E-state index in [1.54, 1.807) is 18.5 Å². The predicted octanol–water partition coefficient (Wildman–Crippen LogP) is 3.93. The van der Waals surface area contributed by atoms with Crippen molar-refractivity contribution in [1.82, 2.24) is 9.88 Å². The van der Waals surface area contributed by atoms with Crippen LogP contribution in [-0.2, 0) is 6.18 Å². The minimum absolute atomic E-state index is 0.584. The Kier molecular flexibility index (Phi) is 5.31. The molecule has 2 aromatic rings. The Morgan fingerprint density at radius 3 is 2.50 bits per heavy atom. The van der Waals surface area contributed by atoms with Crippen molar-refractivity contribution < 1.29 is 13.2 Å². The third-order valence-corrected chi connectivity index (χ3v) is 4.59. The lowest BCUT2D eigenvalue weighted by Crippen LogP contribution is -2.50. The first-order valence-corrected chi connectivity index (χ1v) is 8.63. The van der Waals surface area contributed by atoms with Gasteiger partial charge in [0.1, 0.15) is 0 Å². The van der Waals surface area contributed by atoms with Crippen molar-refractivity contribution in [2.45, 2.75) is 13.1 Å². The number of halogens is 3. The van der Waals surface area contributed by atoms with Crippen molar-refractivity contribution in [3.63, 3.8) is 0 Å². The molecule has 0 aliphatic carbocycles. The van der Waals surface area contributed by atoms with E-state index in [2.05, 4.69) is 10.3 Å². The van der Waals surface area contributed by atoms with E-state index in [9.17, 15) is 13.2 Å². The molecule has 26 heavy (non-hydrogen) atoms. The lowest BCUT2D eigenvalue weighted by molar-refractivity contribution is -0.137. The molecule has 2 heterocycles. The lowest BCUT2D eigenvalue weighted by Gasteiger charge is -2.37. The minimum atomic E-state index is -4.33. The molecule has 1 aromatic heterocycles. The summed E-state index contributed by atoms with van der Waals surface area (Å²) < 4.78 is 38.6. The van der Waals surface area contributed by atoms with E-state index in [0.717, 1.165) is 17.3 Å². The number of rotatable bonds is 2. The number of alkyl halides is 3. The van der Waals surface area contributed by atoms with Crippen LogP contribution in [0.1, 0.15) is 11.1 Å². The molecule has 1 aromatic carbocycles. The highest BCUT2D eigenvalue weighted by molar-refractivity contribution is 7.80. The first-order valence-electron chi connectivity index (χ1n) is 8.23. The molecule has 1 fully saturated rings. The summed E-state index contributed by atoms with van der Waals surface area (Å²) in [5.74, 6) is 0. The SMILES string of the molecule is Cc1cncc(NC(=S)N2CCN(c3cccc(C(F)(F)F)c3)CC2)c1. The Morgan fingerprint density at radius 2 is 1.85 bits per heavy atom. The fourth-order valence-electron chi connectivity index (χ4n) is 2.87. The normalized spacial score (nSPS) is 15.1. The van der Waals surface area contributed by atoms with E-state index in [4.69, 9.17) is 12.2 Å². The maximum absolute atomic E-state index is 12.9. The highest BCUT2D eigenvalue weighted by Gasteiger charge is 2.31. The second kappa shape index (κ2) is 7.49. The van der Waals surface area contributed by atoms with Crippen LogP contribution in [0.4, 0.5) is 24.5 Å². The quantitative estimate of drug-likeness (QED) is 0.798. The molecule has 0 radical (unpaired) electrons. The van der Waals surface area contributed by atoms with E-state index in [1.807, 2.05) is 22.8 Å². The number of thiocarbonyl (C=S) groups is 1. The molecule has 0 bridgehead atoms. The topological polar surface area (TPSA) is 31.4 Å². The molecule has 0 unspecified atom stereocenters. The Hall–Kier alpha value is -2.35. The van der Waals surface area contributed by atoms with Crippen LogP contribution in [0.3, 0.4) is 0 Å². The second-order valence-electron chi connectivity index (χ2n) is 6.20. The fourth-order valence-corrected chi connectivity index (χ4v) is 3.17. The molecular weight excluding hydrogens is 361 g/mol. The molecule has 0 spiro atoms. The smallest absolute Gasteiger partial charge is 0.368 e. The van der Waals surface area contributed by atoms with Crippen LogP contribution in [0.5, 0.6) is 0 Å². The van der Waals surface area contributed by atoms with E-state index >= 15 is 0 Å². The average molecular weight is 380 g/mol. The molecule has 0 atom stereocenters. The van der Waals surface area contributed by atoms with Gasteiger partial charge in [-0.05, 0) is 49.0 Å². The second-order valence-corrected chi connectivity index (χ2v) is 6.59. The number of nitrogens with one attached hydrogen (secondary N) is 1. The van der Waals surface area contributed by atoms with E-state index < -0.39 is 11.7 Å². The summed E-state index contributed by atoms with van der Waals surface area (Å²) in [4.78, 5) is 8.08. The number of aromatic nitrogens is 1. The van der Waals surface area contributed by atoms with Gasteiger partial charge in [-0.25, -0.2) is 0 Å². The molecule has 1 aliphatic rings. The van der Waals surface area contributed by atoms with E-state index in [1.165, 1.54) is 12.1 Å². The maximum Gasteiger partial charge on any atom is 0.416 e. The third kappa shape index (κ3) is 4.43. The van der Waals surface area contributed by atoms with Crippen molar-refractivity contribution in [1.29, 1.82) is 0 Å². The molecule has 1 saturated heterocycles. The van der Waals surface area contributed by atoms with Crippen molar-refractivity contribution in [3.05, 3.63) is 53.9 Å². The monoisotopic (exact) mass is 380 g/mol. The number of anilines is 2. The molecule has 1 N–H and O–H groups in total. The van der Waals surface area contributed by atoms with Gasteiger partial charge in [-0.2, -0.15) is 13.2 Å². The highest BCUT2D eigenvalue weighted by atomic mass is 32.1. The van der Waals surface area contributed by atoms with Crippen LogP contribution >= 0.6 is 12.2 Å². The summed E-state index contributed by atoms with van der Waals surface area (Å²) >= 11 is 5.44. The third-order valence-electron chi connectivity index (χ3n) is 4.23. The van der Waals surface area contributed by atoms with Crippen LogP contribution in [0.2, 0.25) is 0 Å². The lowest BCUT2D eigenvalue weighted by atomic mass is 10.1. The molecule has 0 amide bonds. The maximum atomic E-state index is 12.9. The Morgan fingerprint density at radius 1 is 1.12 bits per heavy atom. The summed E-state index contributed by atoms with van der Waals surface area (Å²) in [5, 5.41) is 3.76. The van der Waals surface area contributed by atoms with Gasteiger partial charge in [0.2, 0.25) is 0 Å². The largest absolute Gasteiger partial charge is 0.416 e. The fraction of sp³-hybridized carbons (Fsp3) is 0.333. The first-order chi connectivity index (χ1) is 12.3. The van der Waals surface area contributed by atoms with Gasteiger partial charge in [-0.3, -0.25) is 4.98 Å². The van der Waals surface area contributed by atoms with Crippen LogP contribution in [0.15, 0.2) is 42.7 Å². The van der Waals surface area contributed by atoms with Gasteiger partial charge in [-0.1, -0.05) is 6.07 Å². The molecule has 138 valence electrons. The molecule has 0 saturated carbocycles. The van der Waals surface area contributed by atoms with Gasteiger partial charge >= 0.3 is 6.18 Å². The number of nitrogens with zero attached hydrogens (tertiary/aromatic N) is 3. The average Bonchev–Trinajstić information content (AvgIpc) is 2.61. The zero-order chi connectivity index (χ0) is 18.7. The Balaban J connectivity index is 1.60. The van der Waals surface area contributed by atoms with Gasteiger partial charge in [0.05, 0.1) is 17.4 Å². The summed E-state index contributed by atoms with van der Waals surface area (Å²) in [5.41, 5.74) is 1.82. The highest BCUT2D eigenvalue weighted by Crippen LogP contribution is 2.31. The molecule has 8 heteroatoms. The van der Waals surface area contributed by atoms with Crippen molar-refractivity contribution >= 4 is 28.7 Å². The molecule has 3 rings (SSSR count). The van der Waals surface area contributed by atoms with E-state index in [0.29, 0.717) is 37.0 Å². The number of piperazine rings is 1. The number of hydrogen-bond acceptors (Lipinski definition) is 3. The van der Waals surface area contributed by atoms with Crippen molar-refractivity contribution in [2.24, 2.45) is 0 Å².